The summed E-state index contributed by atoms with van der Waals surface area (Å²) in [6.45, 7) is 8.83. The molecule has 0 aromatic carbocycles. The van der Waals surface area contributed by atoms with E-state index in [2.05, 4.69) is 17.1 Å². The Morgan fingerprint density at radius 1 is 1.56 bits per heavy atom. The first-order chi connectivity index (χ1) is 7.54. The minimum Gasteiger partial charge on any atom is -0.354 e. The zero-order valence-corrected chi connectivity index (χ0v) is 10.7. The van der Waals surface area contributed by atoms with Gasteiger partial charge in [-0.1, -0.05) is 6.92 Å². The summed E-state index contributed by atoms with van der Waals surface area (Å²) in [7, 11) is 0. The maximum absolute atomic E-state index is 11.5. The topological polar surface area (TPSA) is 58.4 Å². The number of amides is 1. The van der Waals surface area contributed by atoms with Crippen molar-refractivity contribution in [3.63, 3.8) is 0 Å². The Kier molecular flexibility index (Phi) is 5.22. The number of rotatable bonds is 5. The number of nitrogens with two attached hydrogens (primary N) is 1. The standard InChI is InChI=1S/C12H25N3O/c1-9(2)14-12(16)5-7-15-6-4-10(3)11(15)8-13/h9-11H,4-8,13H2,1-3H3,(H,14,16). The Balaban J connectivity index is 2.29. The molecule has 2 atom stereocenters. The fourth-order valence-corrected chi connectivity index (χ4v) is 2.39. The molecule has 16 heavy (non-hydrogen) atoms. The summed E-state index contributed by atoms with van der Waals surface area (Å²) in [5.74, 6) is 0.809. The zero-order chi connectivity index (χ0) is 12.1. The molecule has 1 rings (SSSR count). The SMILES string of the molecule is CC(C)NC(=O)CCN1CCC(C)C1CN. The first-order valence-corrected chi connectivity index (χ1v) is 6.28. The van der Waals surface area contributed by atoms with Crippen molar-refractivity contribution in [1.29, 1.82) is 0 Å². The summed E-state index contributed by atoms with van der Waals surface area (Å²) in [6, 6.07) is 0.696. The third-order valence-electron chi connectivity index (χ3n) is 3.31. The van der Waals surface area contributed by atoms with Crippen LogP contribution in [-0.2, 0) is 4.79 Å². The second-order valence-electron chi connectivity index (χ2n) is 5.08. The van der Waals surface area contributed by atoms with Crippen LogP contribution in [0.4, 0.5) is 0 Å². The molecule has 3 N–H and O–H groups in total. The highest BCUT2D eigenvalue weighted by atomic mass is 16.1. The van der Waals surface area contributed by atoms with Crippen LogP contribution in [0.3, 0.4) is 0 Å². The molecule has 0 spiro atoms. The van der Waals surface area contributed by atoms with Gasteiger partial charge in [0.05, 0.1) is 0 Å². The first-order valence-electron chi connectivity index (χ1n) is 6.28. The number of nitrogens with one attached hydrogen (secondary N) is 1. The largest absolute Gasteiger partial charge is 0.354 e. The molecule has 0 aliphatic carbocycles. The lowest BCUT2D eigenvalue weighted by Gasteiger charge is -2.25. The zero-order valence-electron chi connectivity index (χ0n) is 10.7. The summed E-state index contributed by atoms with van der Waals surface area (Å²) < 4.78 is 0. The predicted molar refractivity (Wildman–Crippen MR) is 66.1 cm³/mol. The highest BCUT2D eigenvalue weighted by molar-refractivity contribution is 5.76. The smallest absolute Gasteiger partial charge is 0.221 e. The van der Waals surface area contributed by atoms with Crippen LogP contribution in [0.25, 0.3) is 0 Å². The lowest BCUT2D eigenvalue weighted by Crippen LogP contribution is -2.41. The maximum Gasteiger partial charge on any atom is 0.221 e. The van der Waals surface area contributed by atoms with Gasteiger partial charge in [-0.25, -0.2) is 0 Å². The molecule has 0 saturated carbocycles. The van der Waals surface area contributed by atoms with E-state index in [0.717, 1.165) is 13.1 Å². The lowest BCUT2D eigenvalue weighted by molar-refractivity contribution is -0.121. The van der Waals surface area contributed by atoms with Crippen molar-refractivity contribution in [2.45, 2.75) is 45.7 Å². The third-order valence-corrected chi connectivity index (χ3v) is 3.31. The van der Waals surface area contributed by atoms with Gasteiger partial charge in [0, 0.05) is 31.6 Å². The van der Waals surface area contributed by atoms with Crippen molar-refractivity contribution in [2.75, 3.05) is 19.6 Å². The van der Waals surface area contributed by atoms with Crippen LogP contribution in [0, 0.1) is 5.92 Å². The monoisotopic (exact) mass is 227 g/mol. The average Bonchev–Trinajstić information content (AvgIpc) is 2.55. The molecule has 1 aliphatic heterocycles. The maximum atomic E-state index is 11.5. The summed E-state index contributed by atoms with van der Waals surface area (Å²) in [5, 5.41) is 2.91. The highest BCUT2D eigenvalue weighted by Gasteiger charge is 2.29. The molecule has 4 nitrogen and oxygen atoms in total. The Morgan fingerprint density at radius 3 is 2.81 bits per heavy atom. The second-order valence-corrected chi connectivity index (χ2v) is 5.08. The van der Waals surface area contributed by atoms with Crippen LogP contribution in [0.1, 0.15) is 33.6 Å². The quantitative estimate of drug-likeness (QED) is 0.722. The Labute approximate surface area is 98.6 Å². The molecule has 0 radical (unpaired) electrons. The van der Waals surface area contributed by atoms with Gasteiger partial charge in [-0.15, -0.1) is 0 Å². The molecule has 1 saturated heterocycles. The van der Waals surface area contributed by atoms with E-state index < -0.39 is 0 Å². The molecule has 4 heteroatoms. The lowest BCUT2D eigenvalue weighted by atomic mass is 10.0. The Morgan fingerprint density at radius 2 is 2.25 bits per heavy atom. The van der Waals surface area contributed by atoms with E-state index in [1.807, 2.05) is 13.8 Å². The van der Waals surface area contributed by atoms with Crippen LogP contribution < -0.4 is 11.1 Å². The van der Waals surface area contributed by atoms with E-state index in [9.17, 15) is 4.79 Å². The van der Waals surface area contributed by atoms with Gasteiger partial charge < -0.3 is 11.1 Å². The number of nitrogens with zero attached hydrogens (tertiary/aromatic N) is 1. The fourth-order valence-electron chi connectivity index (χ4n) is 2.39. The van der Waals surface area contributed by atoms with E-state index in [1.165, 1.54) is 6.42 Å². The molecule has 2 unspecified atom stereocenters. The molecule has 1 fully saturated rings. The summed E-state index contributed by atoms with van der Waals surface area (Å²) in [4.78, 5) is 13.9. The number of carbonyl (C=O) groups excluding carboxylic acids is 1. The number of carbonyl (C=O) groups is 1. The van der Waals surface area contributed by atoms with E-state index in [1.54, 1.807) is 0 Å². The summed E-state index contributed by atoms with van der Waals surface area (Å²) >= 11 is 0. The van der Waals surface area contributed by atoms with Gasteiger partial charge in [0.2, 0.25) is 5.91 Å². The van der Waals surface area contributed by atoms with Crippen LogP contribution in [0.5, 0.6) is 0 Å². The molecule has 0 aromatic rings. The number of hydrogen-bond donors (Lipinski definition) is 2. The van der Waals surface area contributed by atoms with E-state index >= 15 is 0 Å². The Bertz CT molecular complexity index is 230. The summed E-state index contributed by atoms with van der Waals surface area (Å²) in [6.07, 6.45) is 1.79. The highest BCUT2D eigenvalue weighted by Crippen LogP contribution is 2.22. The van der Waals surface area contributed by atoms with Crippen molar-refractivity contribution in [1.82, 2.24) is 10.2 Å². The van der Waals surface area contributed by atoms with Crippen LogP contribution >= 0.6 is 0 Å². The Hall–Kier alpha value is -0.610. The van der Waals surface area contributed by atoms with Gasteiger partial charge in [-0.3, -0.25) is 9.69 Å². The van der Waals surface area contributed by atoms with Gasteiger partial charge in [-0.05, 0) is 32.7 Å². The minimum atomic E-state index is 0.144. The fraction of sp³-hybridized carbons (Fsp3) is 0.917. The minimum absolute atomic E-state index is 0.144. The van der Waals surface area contributed by atoms with Crippen molar-refractivity contribution < 1.29 is 4.79 Å². The number of hydrogen-bond acceptors (Lipinski definition) is 3. The normalized spacial score (nSPS) is 26.3. The van der Waals surface area contributed by atoms with Crippen LogP contribution in [-0.4, -0.2) is 42.5 Å². The van der Waals surface area contributed by atoms with Crippen molar-refractivity contribution in [2.24, 2.45) is 11.7 Å². The van der Waals surface area contributed by atoms with E-state index in [-0.39, 0.29) is 11.9 Å². The van der Waals surface area contributed by atoms with Gasteiger partial charge in [-0.2, -0.15) is 0 Å². The van der Waals surface area contributed by atoms with Crippen molar-refractivity contribution >= 4 is 5.91 Å². The van der Waals surface area contributed by atoms with Crippen molar-refractivity contribution in [3.05, 3.63) is 0 Å². The van der Waals surface area contributed by atoms with Gasteiger partial charge >= 0.3 is 0 Å². The van der Waals surface area contributed by atoms with Crippen molar-refractivity contribution in [3.8, 4) is 0 Å². The molecule has 1 heterocycles. The average molecular weight is 227 g/mol. The molecular weight excluding hydrogens is 202 g/mol. The molecule has 94 valence electrons. The predicted octanol–water partition coefficient (Wildman–Crippen LogP) is 0.570. The molecule has 1 aliphatic rings. The van der Waals surface area contributed by atoms with Gasteiger partial charge in [0.15, 0.2) is 0 Å². The van der Waals surface area contributed by atoms with Crippen LogP contribution in [0.2, 0.25) is 0 Å². The summed E-state index contributed by atoms with van der Waals surface area (Å²) in [5.41, 5.74) is 5.76. The first kappa shape index (κ1) is 13.5. The van der Waals surface area contributed by atoms with E-state index in [0.29, 0.717) is 24.9 Å². The third kappa shape index (κ3) is 3.76. The second kappa shape index (κ2) is 6.21. The van der Waals surface area contributed by atoms with Gasteiger partial charge in [0.1, 0.15) is 0 Å². The van der Waals surface area contributed by atoms with Crippen LogP contribution in [0.15, 0.2) is 0 Å². The number of likely N-dealkylation sites (tertiary alicyclic amines) is 1. The van der Waals surface area contributed by atoms with Gasteiger partial charge in [0.25, 0.3) is 0 Å². The molecule has 1 amide bonds. The van der Waals surface area contributed by atoms with E-state index in [4.69, 9.17) is 5.73 Å². The molecule has 0 aromatic heterocycles. The molecular formula is C12H25N3O. The molecule has 0 bridgehead atoms.